The van der Waals surface area contributed by atoms with E-state index >= 15 is 0 Å². The molecule has 21 heavy (non-hydrogen) atoms. The molecule has 0 aliphatic heterocycles. The zero-order valence-electron chi connectivity index (χ0n) is 12.0. The number of aromatic nitrogens is 2. The van der Waals surface area contributed by atoms with Crippen molar-refractivity contribution in [3.63, 3.8) is 0 Å². The molecule has 0 spiro atoms. The van der Waals surface area contributed by atoms with Crippen molar-refractivity contribution in [3.8, 4) is 5.69 Å². The highest BCUT2D eigenvalue weighted by molar-refractivity contribution is 6.32. The standard InChI is InChI=1S/C16H17ClN2O2/c1-3-12-9-13(4-2)19(18-12)14-7-5-11(15(17)10-14)6-8-16(20)21/h5-10H,3-4H2,1-2H3,(H,20,21)/b8-6+. The smallest absolute Gasteiger partial charge is 0.328 e. The Hall–Kier alpha value is -2.07. The zero-order chi connectivity index (χ0) is 15.4. The zero-order valence-corrected chi connectivity index (χ0v) is 12.8. The van der Waals surface area contributed by atoms with Gasteiger partial charge in [-0.1, -0.05) is 31.5 Å². The SMILES string of the molecule is CCc1cc(CC)n(-c2ccc(/C=C/C(=O)O)c(Cl)c2)n1. The molecule has 0 amide bonds. The number of aryl methyl sites for hydroxylation is 2. The van der Waals surface area contributed by atoms with Crippen LogP contribution in [0.15, 0.2) is 30.3 Å². The quantitative estimate of drug-likeness (QED) is 0.856. The largest absolute Gasteiger partial charge is 0.478 e. The van der Waals surface area contributed by atoms with Gasteiger partial charge in [0.1, 0.15) is 0 Å². The summed E-state index contributed by atoms with van der Waals surface area (Å²) in [6, 6.07) is 7.57. The van der Waals surface area contributed by atoms with Gasteiger partial charge in [0.15, 0.2) is 0 Å². The van der Waals surface area contributed by atoms with Crippen molar-refractivity contribution < 1.29 is 9.90 Å². The Morgan fingerprint density at radius 2 is 2.10 bits per heavy atom. The van der Waals surface area contributed by atoms with Crippen molar-refractivity contribution in [3.05, 3.63) is 52.3 Å². The lowest BCUT2D eigenvalue weighted by atomic mass is 10.2. The number of carbonyl (C=O) groups is 1. The predicted molar refractivity (Wildman–Crippen MR) is 84.0 cm³/mol. The van der Waals surface area contributed by atoms with Gasteiger partial charge in [-0.05, 0) is 42.7 Å². The molecule has 0 saturated heterocycles. The van der Waals surface area contributed by atoms with Crippen molar-refractivity contribution in [2.45, 2.75) is 26.7 Å². The van der Waals surface area contributed by atoms with E-state index in [0.29, 0.717) is 10.6 Å². The molecular weight excluding hydrogens is 288 g/mol. The van der Waals surface area contributed by atoms with Crippen LogP contribution in [0.4, 0.5) is 0 Å². The molecule has 0 fully saturated rings. The summed E-state index contributed by atoms with van der Waals surface area (Å²) >= 11 is 6.21. The van der Waals surface area contributed by atoms with Gasteiger partial charge in [0.05, 0.1) is 11.4 Å². The first-order valence-electron chi connectivity index (χ1n) is 6.83. The topological polar surface area (TPSA) is 55.1 Å². The molecule has 5 heteroatoms. The van der Waals surface area contributed by atoms with E-state index in [9.17, 15) is 4.79 Å². The fourth-order valence-corrected chi connectivity index (χ4v) is 2.30. The Morgan fingerprint density at radius 1 is 1.33 bits per heavy atom. The predicted octanol–water partition coefficient (Wildman–Crippen LogP) is 3.75. The van der Waals surface area contributed by atoms with Crippen molar-refractivity contribution in [2.24, 2.45) is 0 Å². The Kier molecular flexibility index (Phi) is 4.81. The van der Waals surface area contributed by atoms with E-state index in [1.54, 1.807) is 12.1 Å². The molecular formula is C16H17ClN2O2. The van der Waals surface area contributed by atoms with E-state index in [2.05, 4.69) is 25.0 Å². The van der Waals surface area contributed by atoms with E-state index < -0.39 is 5.97 Å². The highest BCUT2D eigenvalue weighted by atomic mass is 35.5. The number of carboxylic acid groups (broad SMARTS) is 1. The Labute approximate surface area is 128 Å². The Morgan fingerprint density at radius 3 is 2.67 bits per heavy atom. The number of benzene rings is 1. The second-order valence-corrected chi connectivity index (χ2v) is 5.03. The molecule has 1 N–H and O–H groups in total. The van der Waals surface area contributed by atoms with Crippen LogP contribution in [-0.4, -0.2) is 20.9 Å². The average molecular weight is 305 g/mol. The minimum atomic E-state index is -0.997. The van der Waals surface area contributed by atoms with Crippen LogP contribution in [0.5, 0.6) is 0 Å². The molecule has 1 heterocycles. The van der Waals surface area contributed by atoms with Crippen LogP contribution in [0.1, 0.15) is 30.8 Å². The summed E-state index contributed by atoms with van der Waals surface area (Å²) in [6.07, 6.45) is 4.32. The fourth-order valence-electron chi connectivity index (χ4n) is 2.07. The normalized spacial score (nSPS) is 11.2. The third kappa shape index (κ3) is 3.52. The van der Waals surface area contributed by atoms with Crippen LogP contribution in [0, 0.1) is 0 Å². The van der Waals surface area contributed by atoms with Crippen LogP contribution in [0.3, 0.4) is 0 Å². The van der Waals surface area contributed by atoms with E-state index in [4.69, 9.17) is 16.7 Å². The molecule has 1 aromatic carbocycles. The minimum absolute atomic E-state index is 0.501. The number of hydrogen-bond acceptors (Lipinski definition) is 2. The first kappa shape index (κ1) is 15.3. The number of nitrogens with zero attached hydrogens (tertiary/aromatic N) is 2. The number of aliphatic carboxylic acids is 1. The maximum Gasteiger partial charge on any atom is 0.328 e. The highest BCUT2D eigenvalue weighted by Crippen LogP contribution is 2.23. The summed E-state index contributed by atoms with van der Waals surface area (Å²) in [5.74, 6) is -0.997. The van der Waals surface area contributed by atoms with E-state index in [1.807, 2.05) is 10.7 Å². The molecule has 0 aliphatic carbocycles. The molecule has 110 valence electrons. The lowest BCUT2D eigenvalue weighted by molar-refractivity contribution is -0.131. The first-order chi connectivity index (χ1) is 10.0. The summed E-state index contributed by atoms with van der Waals surface area (Å²) in [7, 11) is 0. The van der Waals surface area contributed by atoms with Gasteiger partial charge in [0, 0.05) is 16.8 Å². The maximum absolute atomic E-state index is 10.5. The fraction of sp³-hybridized carbons (Fsp3) is 0.250. The highest BCUT2D eigenvalue weighted by Gasteiger charge is 2.09. The molecule has 0 saturated carbocycles. The van der Waals surface area contributed by atoms with Gasteiger partial charge in [-0.3, -0.25) is 0 Å². The first-order valence-corrected chi connectivity index (χ1v) is 7.21. The third-order valence-electron chi connectivity index (χ3n) is 3.19. The number of halogens is 1. The molecule has 4 nitrogen and oxygen atoms in total. The molecule has 0 bridgehead atoms. The summed E-state index contributed by atoms with van der Waals surface area (Å²) in [6.45, 7) is 4.15. The maximum atomic E-state index is 10.5. The van der Waals surface area contributed by atoms with Crippen LogP contribution >= 0.6 is 11.6 Å². The average Bonchev–Trinajstić information content (AvgIpc) is 2.89. The number of rotatable bonds is 5. The van der Waals surface area contributed by atoms with Gasteiger partial charge in [-0.25, -0.2) is 9.48 Å². The van der Waals surface area contributed by atoms with Gasteiger partial charge in [0.25, 0.3) is 0 Å². The molecule has 2 aromatic rings. The van der Waals surface area contributed by atoms with E-state index in [1.165, 1.54) is 6.08 Å². The molecule has 0 aliphatic rings. The van der Waals surface area contributed by atoms with Crippen LogP contribution < -0.4 is 0 Å². The van der Waals surface area contributed by atoms with Gasteiger partial charge >= 0.3 is 5.97 Å². The number of carboxylic acids is 1. The van der Waals surface area contributed by atoms with Crippen LogP contribution in [0.25, 0.3) is 11.8 Å². The van der Waals surface area contributed by atoms with Gasteiger partial charge in [0.2, 0.25) is 0 Å². The summed E-state index contributed by atoms with van der Waals surface area (Å²) < 4.78 is 1.88. The molecule has 0 atom stereocenters. The molecule has 0 unspecified atom stereocenters. The Balaban J connectivity index is 2.40. The van der Waals surface area contributed by atoms with Gasteiger partial charge in [-0.2, -0.15) is 5.10 Å². The second kappa shape index (κ2) is 6.59. The lowest BCUT2D eigenvalue weighted by Crippen LogP contribution is -2.01. The van der Waals surface area contributed by atoms with E-state index in [0.717, 1.165) is 36.0 Å². The monoisotopic (exact) mass is 304 g/mol. The molecule has 2 rings (SSSR count). The molecule has 1 aromatic heterocycles. The van der Waals surface area contributed by atoms with Crippen molar-refractivity contribution in [2.75, 3.05) is 0 Å². The van der Waals surface area contributed by atoms with Crippen LogP contribution in [-0.2, 0) is 17.6 Å². The molecule has 0 radical (unpaired) electrons. The van der Waals surface area contributed by atoms with Crippen molar-refractivity contribution in [1.82, 2.24) is 9.78 Å². The summed E-state index contributed by atoms with van der Waals surface area (Å²) in [5, 5.41) is 13.7. The van der Waals surface area contributed by atoms with Gasteiger partial charge in [-0.15, -0.1) is 0 Å². The van der Waals surface area contributed by atoms with E-state index in [-0.39, 0.29) is 0 Å². The second-order valence-electron chi connectivity index (χ2n) is 4.62. The van der Waals surface area contributed by atoms with Crippen molar-refractivity contribution >= 4 is 23.6 Å². The number of hydrogen-bond donors (Lipinski definition) is 1. The Bertz CT molecular complexity index is 690. The van der Waals surface area contributed by atoms with Gasteiger partial charge < -0.3 is 5.11 Å². The summed E-state index contributed by atoms with van der Waals surface area (Å²) in [5.41, 5.74) is 3.71. The lowest BCUT2D eigenvalue weighted by Gasteiger charge is -2.07. The minimum Gasteiger partial charge on any atom is -0.478 e. The third-order valence-corrected chi connectivity index (χ3v) is 3.52. The van der Waals surface area contributed by atoms with Crippen LogP contribution in [0.2, 0.25) is 5.02 Å². The summed E-state index contributed by atoms with van der Waals surface area (Å²) in [4.78, 5) is 10.5. The van der Waals surface area contributed by atoms with Crippen molar-refractivity contribution in [1.29, 1.82) is 0 Å².